The van der Waals surface area contributed by atoms with E-state index in [9.17, 15) is 13.9 Å². The van der Waals surface area contributed by atoms with Crippen LogP contribution in [-0.4, -0.2) is 18.8 Å². The third-order valence-corrected chi connectivity index (χ3v) is 6.27. The van der Waals surface area contributed by atoms with Crippen LogP contribution >= 0.6 is 0 Å². The maximum atomic E-state index is 12.8. The van der Waals surface area contributed by atoms with Crippen molar-refractivity contribution in [2.75, 3.05) is 0 Å². The molecule has 0 fully saturated rings. The van der Waals surface area contributed by atoms with E-state index in [0.717, 1.165) is 15.2 Å². The van der Waals surface area contributed by atoms with Crippen molar-refractivity contribution in [3.8, 4) is 0 Å². The van der Waals surface area contributed by atoms with Gasteiger partial charge in [-0.15, -0.1) is 0 Å². The van der Waals surface area contributed by atoms with Gasteiger partial charge in [-0.25, -0.2) is 0 Å². The average Bonchev–Trinajstić information content (AvgIpc) is 2.53. The summed E-state index contributed by atoms with van der Waals surface area (Å²) < 4.78 is 14.2. The molecule has 0 spiro atoms. The molecule has 0 saturated heterocycles. The second-order valence-electron chi connectivity index (χ2n) is 4.50. The van der Waals surface area contributed by atoms with Crippen LogP contribution in [0.5, 0.6) is 0 Å². The third kappa shape index (κ3) is 2.61. The summed E-state index contributed by atoms with van der Waals surface area (Å²) in [5, 5.41) is 12.7. The number of non-ortho nitro benzene ring substituents is 1. The zero-order chi connectivity index (χ0) is 14.8. The molecule has 0 aliphatic heterocycles. The summed E-state index contributed by atoms with van der Waals surface area (Å²) in [4.78, 5) is 10.2. The maximum absolute atomic E-state index is 12.8. The van der Waals surface area contributed by atoms with Gasteiger partial charge in [0.2, 0.25) is 0 Å². The SMILES string of the molecule is O=[N+]([O-])c1ccc([Se](=O)c2cccc3ccccc23)cc1. The number of nitro benzene ring substituents is 1. The van der Waals surface area contributed by atoms with Gasteiger partial charge in [0, 0.05) is 0 Å². The first-order valence-electron chi connectivity index (χ1n) is 6.31. The van der Waals surface area contributed by atoms with Gasteiger partial charge in [0.1, 0.15) is 0 Å². The Bertz CT molecular complexity index is 838. The first-order valence-corrected chi connectivity index (χ1v) is 8.72. The molecule has 21 heavy (non-hydrogen) atoms. The Kier molecular flexibility index (Phi) is 3.60. The van der Waals surface area contributed by atoms with Gasteiger partial charge in [0.15, 0.2) is 0 Å². The van der Waals surface area contributed by atoms with Gasteiger partial charge < -0.3 is 0 Å². The minimum absolute atomic E-state index is 0.00969. The molecule has 1 unspecified atom stereocenters. The monoisotopic (exact) mass is 345 g/mol. The molecule has 1 atom stereocenters. The van der Waals surface area contributed by atoms with E-state index in [0.29, 0.717) is 4.46 Å². The number of rotatable bonds is 3. The summed E-state index contributed by atoms with van der Waals surface area (Å²) in [6.45, 7) is 0. The molecule has 0 amide bonds. The first-order chi connectivity index (χ1) is 10.2. The Balaban J connectivity index is 2.06. The van der Waals surface area contributed by atoms with Gasteiger partial charge in [-0.2, -0.15) is 0 Å². The second-order valence-corrected chi connectivity index (χ2v) is 7.54. The fraction of sp³-hybridized carbons (Fsp3) is 0. The zero-order valence-corrected chi connectivity index (χ0v) is 12.6. The van der Waals surface area contributed by atoms with Crippen LogP contribution < -0.4 is 8.92 Å². The average molecular weight is 344 g/mol. The van der Waals surface area contributed by atoms with Gasteiger partial charge in [0.25, 0.3) is 0 Å². The van der Waals surface area contributed by atoms with Crippen LogP contribution in [0, 0.1) is 10.1 Å². The van der Waals surface area contributed by atoms with Gasteiger partial charge in [-0.3, -0.25) is 0 Å². The van der Waals surface area contributed by atoms with Crippen molar-refractivity contribution in [2.24, 2.45) is 0 Å². The number of nitrogens with zero attached hydrogens (tertiary/aromatic N) is 1. The van der Waals surface area contributed by atoms with Crippen molar-refractivity contribution in [3.63, 3.8) is 0 Å². The van der Waals surface area contributed by atoms with Crippen molar-refractivity contribution >= 4 is 39.2 Å². The van der Waals surface area contributed by atoms with E-state index >= 15 is 0 Å². The van der Waals surface area contributed by atoms with E-state index in [1.54, 1.807) is 12.1 Å². The van der Waals surface area contributed by atoms with Gasteiger partial charge in [0.05, 0.1) is 0 Å². The van der Waals surface area contributed by atoms with Crippen LogP contribution in [0.1, 0.15) is 0 Å². The molecule has 3 rings (SSSR count). The van der Waals surface area contributed by atoms with Crippen molar-refractivity contribution in [1.29, 1.82) is 0 Å². The molecule has 4 nitrogen and oxygen atoms in total. The fourth-order valence-corrected chi connectivity index (χ4v) is 4.75. The van der Waals surface area contributed by atoms with Gasteiger partial charge in [-0.1, -0.05) is 0 Å². The molecule has 0 radical (unpaired) electrons. The van der Waals surface area contributed by atoms with Crippen LogP contribution in [0.15, 0.2) is 66.7 Å². The van der Waals surface area contributed by atoms with Crippen LogP contribution in [0.25, 0.3) is 10.8 Å². The zero-order valence-electron chi connectivity index (χ0n) is 10.9. The summed E-state index contributed by atoms with van der Waals surface area (Å²) in [6.07, 6.45) is 0. The summed E-state index contributed by atoms with van der Waals surface area (Å²) in [7, 11) is 0. The van der Waals surface area contributed by atoms with Crippen molar-refractivity contribution in [1.82, 2.24) is 0 Å². The number of hydrogen-bond donors (Lipinski definition) is 0. The molecule has 104 valence electrons. The Morgan fingerprint density at radius 3 is 2.24 bits per heavy atom. The van der Waals surface area contributed by atoms with E-state index < -0.39 is 18.8 Å². The van der Waals surface area contributed by atoms with E-state index in [1.165, 1.54) is 12.1 Å². The number of fused-ring (bicyclic) bond motifs is 1. The summed E-state index contributed by atoms with van der Waals surface area (Å²) in [5.74, 6) is 0. The molecule has 3 aromatic carbocycles. The summed E-state index contributed by atoms with van der Waals surface area (Å²) >= 11 is -2.44. The summed E-state index contributed by atoms with van der Waals surface area (Å²) in [6, 6.07) is 19.5. The van der Waals surface area contributed by atoms with Crippen molar-refractivity contribution < 1.29 is 8.76 Å². The van der Waals surface area contributed by atoms with Gasteiger partial charge in [-0.05, 0) is 0 Å². The molecule has 0 bridgehead atoms. The second kappa shape index (κ2) is 5.56. The van der Waals surface area contributed by atoms with Crippen molar-refractivity contribution in [3.05, 3.63) is 76.8 Å². The molecule has 0 heterocycles. The fourth-order valence-electron chi connectivity index (χ4n) is 2.18. The standard InChI is InChI=1S/C16H11NO3Se/c18-17(19)13-8-10-14(11-9-13)21(20)16-7-3-5-12-4-1-2-6-15(12)16/h1-11H. The molecule has 0 aromatic heterocycles. The van der Waals surface area contributed by atoms with Crippen LogP contribution in [-0.2, 0) is 3.83 Å². The molecular formula is C16H11NO3Se. The Labute approximate surface area is 125 Å². The van der Waals surface area contributed by atoms with Crippen molar-refractivity contribution in [2.45, 2.75) is 0 Å². The molecule has 5 heteroatoms. The Morgan fingerprint density at radius 1 is 0.857 bits per heavy atom. The quantitative estimate of drug-likeness (QED) is 0.416. The topological polar surface area (TPSA) is 60.2 Å². The van der Waals surface area contributed by atoms with Crippen LogP contribution in [0.2, 0.25) is 0 Å². The molecule has 3 aromatic rings. The predicted octanol–water partition coefficient (Wildman–Crippen LogP) is 2.28. The minimum atomic E-state index is -2.44. The Hall–Kier alpha value is -2.36. The van der Waals surface area contributed by atoms with E-state index in [4.69, 9.17) is 0 Å². The molecule has 0 aliphatic rings. The van der Waals surface area contributed by atoms with Crippen LogP contribution in [0.4, 0.5) is 5.69 Å². The van der Waals surface area contributed by atoms with Crippen LogP contribution in [0.3, 0.4) is 0 Å². The number of nitro groups is 1. The van der Waals surface area contributed by atoms with E-state index in [-0.39, 0.29) is 5.69 Å². The predicted molar refractivity (Wildman–Crippen MR) is 82.8 cm³/mol. The molecule has 0 saturated carbocycles. The number of benzene rings is 3. The Morgan fingerprint density at radius 2 is 1.52 bits per heavy atom. The van der Waals surface area contributed by atoms with E-state index in [1.807, 2.05) is 42.5 Å². The van der Waals surface area contributed by atoms with E-state index in [2.05, 4.69) is 0 Å². The summed E-state index contributed by atoms with van der Waals surface area (Å²) in [5.41, 5.74) is 0.00969. The first kappa shape index (κ1) is 13.6. The van der Waals surface area contributed by atoms with Gasteiger partial charge >= 0.3 is 125 Å². The third-order valence-electron chi connectivity index (χ3n) is 3.21. The molecule has 0 aliphatic carbocycles. The molecule has 0 N–H and O–H groups in total. The normalized spacial score (nSPS) is 12.2. The number of hydrogen-bond acceptors (Lipinski definition) is 3. The molecular weight excluding hydrogens is 333 g/mol.